The fraction of sp³-hybridized carbons (Fsp3) is 0.478. The van der Waals surface area contributed by atoms with E-state index in [1.54, 1.807) is 4.90 Å². The first kappa shape index (κ1) is 20.0. The average molecular weight is 401 g/mol. The number of hydrogen-bond acceptors (Lipinski definition) is 4. The smallest absolute Gasteiger partial charge is 0.231 e. The Morgan fingerprint density at radius 2 is 1.62 bits per heavy atom. The summed E-state index contributed by atoms with van der Waals surface area (Å²) in [6.07, 6.45) is 0.584. The topological polar surface area (TPSA) is 56.8 Å². The van der Waals surface area contributed by atoms with Crippen LogP contribution in [0.15, 0.2) is 42.5 Å². The zero-order valence-electron chi connectivity index (χ0n) is 17.2. The van der Waals surface area contributed by atoms with Crippen molar-refractivity contribution in [2.24, 2.45) is 0 Å². The largest absolute Gasteiger partial charge is 0.491 e. The standard InChI is InChI=1S/C23H30N2O4/c1-2-18-3-6-21(7-4-18)27-16-20(26)15-25-11-9-24(10-12-25)14-19-5-8-22-23(13-19)29-17-28-22/h3-8,13,20,26H,2,9-12,14-17H2,1H3/p+2. The van der Waals surface area contributed by atoms with Gasteiger partial charge in [0.2, 0.25) is 6.79 Å². The van der Waals surface area contributed by atoms with Gasteiger partial charge in [-0.05, 0) is 42.3 Å². The maximum Gasteiger partial charge on any atom is 0.231 e. The Morgan fingerprint density at radius 3 is 2.38 bits per heavy atom. The van der Waals surface area contributed by atoms with E-state index < -0.39 is 6.10 Å². The average Bonchev–Trinajstić information content (AvgIpc) is 3.22. The van der Waals surface area contributed by atoms with Gasteiger partial charge >= 0.3 is 0 Å². The van der Waals surface area contributed by atoms with Crippen molar-refractivity contribution in [2.45, 2.75) is 26.0 Å². The quantitative estimate of drug-likeness (QED) is 0.570. The van der Waals surface area contributed by atoms with E-state index in [1.807, 2.05) is 18.2 Å². The molecule has 29 heavy (non-hydrogen) atoms. The molecule has 6 nitrogen and oxygen atoms in total. The SMILES string of the molecule is CCc1ccc(OCC(O)C[NH+]2CC[NH+](Cc3ccc4c(c3)OCO4)CC2)cc1. The van der Waals surface area contributed by atoms with Crippen LogP contribution >= 0.6 is 0 Å². The third-order valence-electron chi connectivity index (χ3n) is 5.85. The molecule has 1 atom stereocenters. The molecule has 0 amide bonds. The number of fused-ring (bicyclic) bond motifs is 1. The number of quaternary nitrogens is 2. The Hall–Kier alpha value is -2.28. The van der Waals surface area contributed by atoms with Gasteiger partial charge < -0.3 is 29.1 Å². The Bertz CT molecular complexity index is 788. The van der Waals surface area contributed by atoms with Gasteiger partial charge in [-0.3, -0.25) is 0 Å². The van der Waals surface area contributed by atoms with Gasteiger partial charge in [-0.25, -0.2) is 0 Å². The molecule has 6 heteroatoms. The highest BCUT2D eigenvalue weighted by atomic mass is 16.7. The third kappa shape index (κ3) is 5.41. The number of ether oxygens (including phenoxy) is 3. The molecule has 0 aliphatic carbocycles. The highest BCUT2D eigenvalue weighted by Crippen LogP contribution is 2.32. The van der Waals surface area contributed by atoms with Gasteiger partial charge in [0.25, 0.3) is 0 Å². The van der Waals surface area contributed by atoms with Gasteiger partial charge in [-0.1, -0.05) is 19.1 Å². The number of benzene rings is 2. The predicted molar refractivity (Wildman–Crippen MR) is 110 cm³/mol. The van der Waals surface area contributed by atoms with E-state index in [0.29, 0.717) is 13.4 Å². The van der Waals surface area contributed by atoms with Crippen LogP contribution in [-0.4, -0.2) is 57.3 Å². The Morgan fingerprint density at radius 1 is 0.931 bits per heavy atom. The lowest BCUT2D eigenvalue weighted by Gasteiger charge is -2.30. The van der Waals surface area contributed by atoms with Gasteiger partial charge in [0.05, 0.1) is 0 Å². The summed E-state index contributed by atoms with van der Waals surface area (Å²) in [5, 5.41) is 10.4. The fourth-order valence-electron chi connectivity index (χ4n) is 4.08. The summed E-state index contributed by atoms with van der Waals surface area (Å²) in [7, 11) is 0. The minimum atomic E-state index is -0.439. The summed E-state index contributed by atoms with van der Waals surface area (Å²) in [6.45, 7) is 8.91. The molecule has 0 aromatic heterocycles. The summed E-state index contributed by atoms with van der Waals surface area (Å²) in [6, 6.07) is 14.4. The normalized spacial score (nSPS) is 21.7. The summed E-state index contributed by atoms with van der Waals surface area (Å²) in [5.41, 5.74) is 2.58. The van der Waals surface area contributed by atoms with E-state index in [1.165, 1.54) is 16.0 Å². The van der Waals surface area contributed by atoms with Crippen molar-refractivity contribution >= 4 is 0 Å². The van der Waals surface area contributed by atoms with Crippen molar-refractivity contribution in [1.29, 1.82) is 0 Å². The molecule has 2 aromatic carbocycles. The van der Waals surface area contributed by atoms with Gasteiger partial charge in [0.1, 0.15) is 57.7 Å². The molecule has 2 aliphatic heterocycles. The predicted octanol–water partition coefficient (Wildman–Crippen LogP) is -0.299. The first-order chi connectivity index (χ1) is 14.2. The molecular formula is C23H32N2O4+2. The fourth-order valence-corrected chi connectivity index (χ4v) is 4.08. The van der Waals surface area contributed by atoms with Crippen molar-refractivity contribution < 1.29 is 29.1 Å². The van der Waals surface area contributed by atoms with E-state index in [0.717, 1.165) is 62.9 Å². The molecule has 1 saturated heterocycles. The summed E-state index contributed by atoms with van der Waals surface area (Å²) in [4.78, 5) is 3.03. The van der Waals surface area contributed by atoms with Crippen LogP contribution in [-0.2, 0) is 13.0 Å². The second-order valence-electron chi connectivity index (χ2n) is 8.03. The first-order valence-electron chi connectivity index (χ1n) is 10.6. The number of aliphatic hydroxyl groups excluding tert-OH is 1. The number of aliphatic hydroxyl groups is 1. The van der Waals surface area contributed by atoms with Gasteiger partial charge in [-0.2, -0.15) is 0 Å². The van der Waals surface area contributed by atoms with E-state index >= 15 is 0 Å². The second kappa shape index (κ2) is 9.48. The second-order valence-corrected chi connectivity index (χ2v) is 8.03. The van der Waals surface area contributed by atoms with Crippen molar-refractivity contribution in [1.82, 2.24) is 0 Å². The molecule has 0 spiro atoms. The van der Waals surface area contributed by atoms with Crippen molar-refractivity contribution in [3.8, 4) is 17.2 Å². The third-order valence-corrected chi connectivity index (χ3v) is 5.85. The van der Waals surface area contributed by atoms with Gasteiger partial charge in [0.15, 0.2) is 11.5 Å². The Kier molecular flexibility index (Phi) is 6.54. The monoisotopic (exact) mass is 400 g/mol. The van der Waals surface area contributed by atoms with Gasteiger partial charge in [0, 0.05) is 5.56 Å². The van der Waals surface area contributed by atoms with E-state index in [4.69, 9.17) is 14.2 Å². The minimum Gasteiger partial charge on any atom is -0.491 e. The molecule has 2 aliphatic rings. The molecule has 4 rings (SSSR count). The highest BCUT2D eigenvalue weighted by Gasteiger charge is 2.25. The molecular weight excluding hydrogens is 368 g/mol. The van der Waals surface area contributed by atoms with Crippen LogP contribution in [0.25, 0.3) is 0 Å². The number of nitrogens with one attached hydrogen (secondary N) is 2. The number of hydrogen-bond donors (Lipinski definition) is 3. The number of aryl methyl sites for hydroxylation is 1. The summed E-state index contributed by atoms with van der Waals surface area (Å²) in [5.74, 6) is 2.53. The molecule has 1 unspecified atom stereocenters. The van der Waals surface area contributed by atoms with E-state index in [9.17, 15) is 5.11 Å². The molecule has 0 radical (unpaired) electrons. The molecule has 156 valence electrons. The number of rotatable bonds is 8. The Balaban J connectivity index is 1.17. The summed E-state index contributed by atoms with van der Waals surface area (Å²) < 4.78 is 16.6. The lowest BCUT2D eigenvalue weighted by atomic mass is 10.1. The van der Waals surface area contributed by atoms with Crippen LogP contribution in [0.1, 0.15) is 18.1 Å². The van der Waals surface area contributed by atoms with Crippen LogP contribution in [0, 0.1) is 0 Å². The van der Waals surface area contributed by atoms with Crippen LogP contribution in [0.5, 0.6) is 17.2 Å². The Labute approximate surface area is 172 Å². The molecule has 1 fully saturated rings. The van der Waals surface area contributed by atoms with Crippen LogP contribution in [0.4, 0.5) is 0 Å². The summed E-state index contributed by atoms with van der Waals surface area (Å²) >= 11 is 0. The van der Waals surface area contributed by atoms with Crippen molar-refractivity contribution in [3.63, 3.8) is 0 Å². The lowest BCUT2D eigenvalue weighted by molar-refractivity contribution is -1.02. The van der Waals surface area contributed by atoms with Gasteiger partial charge in [-0.15, -0.1) is 0 Å². The van der Waals surface area contributed by atoms with E-state index in [-0.39, 0.29) is 0 Å². The first-order valence-corrected chi connectivity index (χ1v) is 10.6. The van der Waals surface area contributed by atoms with Crippen LogP contribution in [0.3, 0.4) is 0 Å². The number of piperazine rings is 1. The highest BCUT2D eigenvalue weighted by molar-refractivity contribution is 5.44. The molecule has 2 aromatic rings. The zero-order valence-corrected chi connectivity index (χ0v) is 17.2. The molecule has 3 N–H and O–H groups in total. The molecule has 0 bridgehead atoms. The molecule has 2 heterocycles. The van der Waals surface area contributed by atoms with Crippen LogP contribution in [0.2, 0.25) is 0 Å². The minimum absolute atomic E-state index is 0.323. The van der Waals surface area contributed by atoms with Crippen molar-refractivity contribution in [2.75, 3.05) is 46.1 Å². The maximum atomic E-state index is 10.4. The molecule has 0 saturated carbocycles. The maximum absolute atomic E-state index is 10.4. The van der Waals surface area contributed by atoms with Crippen LogP contribution < -0.4 is 24.0 Å². The lowest BCUT2D eigenvalue weighted by Crippen LogP contribution is -3.28. The van der Waals surface area contributed by atoms with Crippen molar-refractivity contribution in [3.05, 3.63) is 53.6 Å². The van der Waals surface area contributed by atoms with E-state index in [2.05, 4.69) is 31.2 Å². The zero-order chi connectivity index (χ0) is 20.1.